The van der Waals surface area contributed by atoms with E-state index in [0.29, 0.717) is 22.7 Å². The highest BCUT2D eigenvalue weighted by Crippen LogP contribution is 2.21. The molecule has 26 heavy (non-hydrogen) atoms. The zero-order chi connectivity index (χ0) is 18.5. The Balaban J connectivity index is 1.61. The lowest BCUT2D eigenvalue weighted by Crippen LogP contribution is -2.23. The quantitative estimate of drug-likeness (QED) is 0.699. The van der Waals surface area contributed by atoms with Gasteiger partial charge < -0.3 is 10.1 Å². The molecule has 0 atom stereocenters. The van der Waals surface area contributed by atoms with Gasteiger partial charge in [0.15, 0.2) is 0 Å². The molecule has 3 aromatic rings. The minimum Gasteiger partial charge on any atom is -0.486 e. The van der Waals surface area contributed by atoms with Crippen LogP contribution in [-0.4, -0.2) is 10.9 Å². The molecule has 6 heteroatoms. The number of carbonyl (C=O) groups is 1. The van der Waals surface area contributed by atoms with Crippen molar-refractivity contribution in [3.63, 3.8) is 0 Å². The second-order valence-corrected chi connectivity index (χ2v) is 6.98. The number of amides is 1. The smallest absolute Gasteiger partial charge is 0.263 e. The molecule has 2 aromatic carbocycles. The lowest BCUT2D eigenvalue weighted by atomic mass is 10.2. The van der Waals surface area contributed by atoms with E-state index in [-0.39, 0.29) is 18.3 Å². The molecule has 1 aromatic heterocycles. The van der Waals surface area contributed by atoms with Crippen LogP contribution in [0.5, 0.6) is 5.75 Å². The number of rotatable bonds is 6. The summed E-state index contributed by atoms with van der Waals surface area (Å²) in [6.07, 6.45) is 0. The average molecular weight is 370 g/mol. The van der Waals surface area contributed by atoms with Gasteiger partial charge in [0.05, 0.1) is 5.69 Å². The Labute approximate surface area is 155 Å². The van der Waals surface area contributed by atoms with Gasteiger partial charge in [-0.1, -0.05) is 35.9 Å². The molecule has 134 valence electrons. The first-order valence-electron chi connectivity index (χ1n) is 8.20. The monoisotopic (exact) mass is 370 g/mol. The van der Waals surface area contributed by atoms with Crippen molar-refractivity contribution in [2.24, 2.45) is 0 Å². The second kappa shape index (κ2) is 8.10. The summed E-state index contributed by atoms with van der Waals surface area (Å²) in [5, 5.41) is 3.46. The van der Waals surface area contributed by atoms with Crippen molar-refractivity contribution in [2.75, 3.05) is 0 Å². The number of halogens is 1. The number of thiazole rings is 1. The fourth-order valence-corrected chi connectivity index (χ4v) is 3.30. The molecule has 0 radical (unpaired) electrons. The molecule has 3 rings (SSSR count). The highest BCUT2D eigenvalue weighted by atomic mass is 32.1. The Hall–Kier alpha value is -2.73. The normalized spacial score (nSPS) is 10.6. The van der Waals surface area contributed by atoms with E-state index >= 15 is 0 Å². The first-order valence-corrected chi connectivity index (χ1v) is 9.02. The van der Waals surface area contributed by atoms with Crippen LogP contribution in [0.3, 0.4) is 0 Å². The molecule has 0 fully saturated rings. The van der Waals surface area contributed by atoms with Gasteiger partial charge in [0.25, 0.3) is 5.91 Å². The van der Waals surface area contributed by atoms with E-state index < -0.39 is 0 Å². The van der Waals surface area contributed by atoms with Crippen LogP contribution in [0.1, 0.15) is 31.5 Å². The number of aromatic nitrogens is 1. The molecule has 0 aliphatic carbocycles. The Morgan fingerprint density at radius 2 is 1.88 bits per heavy atom. The number of carbonyl (C=O) groups excluding carboxylic acids is 1. The van der Waals surface area contributed by atoms with Crippen molar-refractivity contribution >= 4 is 17.2 Å². The van der Waals surface area contributed by atoms with Crippen LogP contribution >= 0.6 is 11.3 Å². The molecular weight excluding hydrogens is 351 g/mol. The molecule has 0 bridgehead atoms. The van der Waals surface area contributed by atoms with Crippen molar-refractivity contribution in [3.8, 4) is 5.75 Å². The first-order chi connectivity index (χ1) is 12.5. The minimum absolute atomic E-state index is 0.137. The van der Waals surface area contributed by atoms with Gasteiger partial charge in [-0.2, -0.15) is 0 Å². The molecule has 1 heterocycles. The van der Waals surface area contributed by atoms with Crippen LogP contribution in [0.25, 0.3) is 0 Å². The SMILES string of the molecule is Cc1ccc(OCc2nc(C)c(C(=O)NCc3ccccc3F)s2)cc1. The lowest BCUT2D eigenvalue weighted by molar-refractivity contribution is 0.0954. The van der Waals surface area contributed by atoms with Gasteiger partial charge in [0, 0.05) is 12.1 Å². The minimum atomic E-state index is -0.332. The van der Waals surface area contributed by atoms with E-state index in [2.05, 4.69) is 10.3 Å². The molecule has 0 saturated carbocycles. The summed E-state index contributed by atoms with van der Waals surface area (Å²) in [5.41, 5.74) is 2.26. The Morgan fingerprint density at radius 1 is 1.15 bits per heavy atom. The fourth-order valence-electron chi connectivity index (χ4n) is 2.40. The number of aryl methyl sites for hydroxylation is 2. The van der Waals surface area contributed by atoms with Gasteiger partial charge in [0.1, 0.15) is 28.1 Å². The van der Waals surface area contributed by atoms with E-state index in [4.69, 9.17) is 4.74 Å². The van der Waals surface area contributed by atoms with Crippen molar-refractivity contribution in [1.29, 1.82) is 0 Å². The summed E-state index contributed by atoms with van der Waals surface area (Å²) in [5.74, 6) is 0.167. The second-order valence-electron chi connectivity index (χ2n) is 5.90. The highest BCUT2D eigenvalue weighted by Gasteiger charge is 2.16. The summed E-state index contributed by atoms with van der Waals surface area (Å²) in [6, 6.07) is 14.1. The first kappa shape index (κ1) is 18.1. The van der Waals surface area contributed by atoms with Crippen LogP contribution in [0.2, 0.25) is 0 Å². The topological polar surface area (TPSA) is 51.2 Å². The van der Waals surface area contributed by atoms with Crippen LogP contribution in [0, 0.1) is 19.7 Å². The van der Waals surface area contributed by atoms with E-state index in [9.17, 15) is 9.18 Å². The number of ether oxygens (including phenoxy) is 1. The number of hydrogen-bond acceptors (Lipinski definition) is 4. The van der Waals surface area contributed by atoms with Crippen LogP contribution in [0.15, 0.2) is 48.5 Å². The highest BCUT2D eigenvalue weighted by molar-refractivity contribution is 7.13. The Bertz CT molecular complexity index is 906. The van der Waals surface area contributed by atoms with Crippen LogP contribution in [-0.2, 0) is 13.2 Å². The number of hydrogen-bond donors (Lipinski definition) is 1. The van der Waals surface area contributed by atoms with E-state index in [1.54, 1.807) is 25.1 Å². The van der Waals surface area contributed by atoms with Crippen molar-refractivity contribution < 1.29 is 13.9 Å². The Kier molecular flexibility index (Phi) is 5.63. The van der Waals surface area contributed by atoms with Gasteiger partial charge in [-0.25, -0.2) is 9.37 Å². The van der Waals surface area contributed by atoms with E-state index in [0.717, 1.165) is 16.3 Å². The van der Waals surface area contributed by atoms with Gasteiger partial charge in [0.2, 0.25) is 0 Å². The summed E-state index contributed by atoms with van der Waals surface area (Å²) >= 11 is 1.29. The van der Waals surface area contributed by atoms with E-state index in [1.807, 2.05) is 31.2 Å². The fraction of sp³-hybridized carbons (Fsp3) is 0.200. The molecule has 0 aliphatic heterocycles. The zero-order valence-corrected chi connectivity index (χ0v) is 15.4. The van der Waals surface area contributed by atoms with Crippen molar-refractivity contribution in [2.45, 2.75) is 27.0 Å². The lowest BCUT2D eigenvalue weighted by Gasteiger charge is -2.05. The van der Waals surface area contributed by atoms with Crippen LogP contribution in [0.4, 0.5) is 4.39 Å². The van der Waals surface area contributed by atoms with E-state index in [1.165, 1.54) is 17.4 Å². The Morgan fingerprint density at radius 3 is 2.62 bits per heavy atom. The summed E-state index contributed by atoms with van der Waals surface area (Å²) < 4.78 is 19.3. The number of nitrogens with zero attached hydrogens (tertiary/aromatic N) is 1. The third-order valence-corrected chi connectivity index (χ3v) is 4.96. The third kappa shape index (κ3) is 4.46. The molecular formula is C20H19FN2O2S. The summed E-state index contributed by atoms with van der Waals surface area (Å²) in [4.78, 5) is 17.3. The zero-order valence-electron chi connectivity index (χ0n) is 14.6. The molecule has 0 spiro atoms. The molecule has 1 amide bonds. The molecule has 0 aliphatic rings. The molecule has 1 N–H and O–H groups in total. The van der Waals surface area contributed by atoms with Gasteiger partial charge in [-0.3, -0.25) is 4.79 Å². The predicted molar refractivity (Wildman–Crippen MR) is 99.9 cm³/mol. The van der Waals surface area contributed by atoms with Crippen molar-refractivity contribution in [1.82, 2.24) is 10.3 Å². The third-order valence-electron chi connectivity index (χ3n) is 3.83. The maximum absolute atomic E-state index is 13.6. The van der Waals surface area contributed by atoms with Crippen LogP contribution < -0.4 is 10.1 Å². The molecule has 0 saturated heterocycles. The summed E-state index contributed by atoms with van der Waals surface area (Å²) in [7, 11) is 0. The molecule has 4 nitrogen and oxygen atoms in total. The van der Waals surface area contributed by atoms with Gasteiger partial charge in [-0.05, 0) is 32.0 Å². The predicted octanol–water partition coefficient (Wildman–Crippen LogP) is 4.41. The maximum Gasteiger partial charge on any atom is 0.263 e. The average Bonchev–Trinajstić information content (AvgIpc) is 3.01. The largest absolute Gasteiger partial charge is 0.486 e. The van der Waals surface area contributed by atoms with Gasteiger partial charge >= 0.3 is 0 Å². The summed E-state index contributed by atoms with van der Waals surface area (Å²) in [6.45, 7) is 4.23. The number of nitrogens with one attached hydrogen (secondary N) is 1. The standard InChI is InChI=1S/C20H19FN2O2S/c1-13-7-9-16(10-8-13)25-12-18-23-14(2)19(26-18)20(24)22-11-15-5-3-4-6-17(15)21/h3-10H,11-12H2,1-2H3,(H,22,24). The maximum atomic E-state index is 13.6. The number of benzene rings is 2. The van der Waals surface area contributed by atoms with Gasteiger partial charge in [-0.15, -0.1) is 11.3 Å². The van der Waals surface area contributed by atoms with Crippen molar-refractivity contribution in [3.05, 3.63) is 81.1 Å². The molecule has 0 unspecified atom stereocenters.